The highest BCUT2D eigenvalue weighted by atomic mass is 16.1. The molecule has 0 aromatic rings. The number of hydrogen-bond donors (Lipinski definition) is 1. The first-order valence-corrected chi connectivity index (χ1v) is 4.20. The van der Waals surface area contributed by atoms with Crippen LogP contribution in [-0.4, -0.2) is 36.4 Å². The fourth-order valence-electron chi connectivity index (χ4n) is 1.59. The second-order valence-electron chi connectivity index (χ2n) is 3.56. The van der Waals surface area contributed by atoms with Crippen LogP contribution in [0.25, 0.3) is 0 Å². The Morgan fingerprint density at radius 3 is 2.92 bits per heavy atom. The van der Waals surface area contributed by atoms with Crippen LogP contribution in [0.15, 0.2) is 12.7 Å². The Labute approximate surface area is 73.2 Å². The van der Waals surface area contributed by atoms with Gasteiger partial charge >= 0.3 is 0 Å². The molecule has 0 aromatic carbocycles. The summed E-state index contributed by atoms with van der Waals surface area (Å²) in [6, 6.07) is 0. The van der Waals surface area contributed by atoms with Crippen molar-refractivity contribution in [2.75, 3.05) is 20.1 Å². The maximum Gasteiger partial charge on any atom is 0.157 e. The van der Waals surface area contributed by atoms with E-state index >= 15 is 0 Å². The second kappa shape index (κ2) is 3.37. The van der Waals surface area contributed by atoms with E-state index in [0.29, 0.717) is 13.0 Å². The zero-order chi connectivity index (χ0) is 9.19. The monoisotopic (exact) mass is 168 g/mol. The van der Waals surface area contributed by atoms with Gasteiger partial charge in [-0.05, 0) is 13.5 Å². The van der Waals surface area contributed by atoms with Gasteiger partial charge in [-0.25, -0.2) is 0 Å². The maximum atomic E-state index is 11.5. The molecule has 2 N–H and O–H groups in total. The van der Waals surface area contributed by atoms with Crippen molar-refractivity contribution >= 4 is 5.78 Å². The highest BCUT2D eigenvalue weighted by Gasteiger charge is 2.38. The molecule has 0 saturated carbocycles. The maximum absolute atomic E-state index is 11.5. The number of carbonyl (C=O) groups excluding carboxylic acids is 1. The summed E-state index contributed by atoms with van der Waals surface area (Å²) >= 11 is 0. The Morgan fingerprint density at radius 1 is 1.83 bits per heavy atom. The number of likely N-dealkylation sites (N-methyl/N-ethyl adjacent to an activating group) is 1. The number of rotatable bonds is 3. The van der Waals surface area contributed by atoms with Crippen molar-refractivity contribution < 1.29 is 4.79 Å². The van der Waals surface area contributed by atoms with Gasteiger partial charge in [0, 0.05) is 19.5 Å². The molecule has 1 rings (SSSR count). The third-order valence-corrected chi connectivity index (χ3v) is 2.38. The highest BCUT2D eigenvalue weighted by molar-refractivity contribution is 5.89. The molecule has 1 unspecified atom stereocenters. The highest BCUT2D eigenvalue weighted by Crippen LogP contribution is 2.19. The molecule has 1 atom stereocenters. The van der Waals surface area contributed by atoms with Crippen LogP contribution in [0.4, 0.5) is 0 Å². The molecule has 1 aliphatic rings. The minimum Gasteiger partial charge on any atom is -0.318 e. The normalized spacial score (nSPS) is 30.5. The number of hydrogen-bond acceptors (Lipinski definition) is 3. The number of Topliss-reactive ketones (excluding diaryl/α,β-unsaturated/α-hetero) is 1. The van der Waals surface area contributed by atoms with E-state index in [2.05, 4.69) is 11.5 Å². The van der Waals surface area contributed by atoms with Crippen molar-refractivity contribution in [2.45, 2.75) is 18.4 Å². The van der Waals surface area contributed by atoms with Crippen molar-refractivity contribution in [1.82, 2.24) is 4.90 Å². The van der Waals surface area contributed by atoms with E-state index in [1.807, 2.05) is 7.05 Å². The Bertz CT molecular complexity index is 203. The minimum atomic E-state index is -0.608. The average Bonchev–Trinajstić information content (AvgIpc) is 2.33. The Balaban J connectivity index is 2.60. The third-order valence-electron chi connectivity index (χ3n) is 2.38. The van der Waals surface area contributed by atoms with Gasteiger partial charge in [-0.1, -0.05) is 6.08 Å². The third kappa shape index (κ3) is 1.73. The zero-order valence-corrected chi connectivity index (χ0v) is 7.55. The van der Waals surface area contributed by atoms with Gasteiger partial charge in [0.25, 0.3) is 0 Å². The fourth-order valence-corrected chi connectivity index (χ4v) is 1.59. The van der Waals surface area contributed by atoms with Crippen LogP contribution < -0.4 is 5.73 Å². The van der Waals surface area contributed by atoms with Crippen molar-refractivity contribution in [3.05, 3.63) is 12.7 Å². The number of ketones is 1. The predicted octanol–water partition coefficient (Wildman–Crippen LogP) is 0.165. The second-order valence-corrected chi connectivity index (χ2v) is 3.56. The Kier molecular flexibility index (Phi) is 2.65. The number of nitrogens with zero attached hydrogens (tertiary/aromatic N) is 1. The lowest BCUT2D eigenvalue weighted by Crippen LogP contribution is -2.49. The van der Waals surface area contributed by atoms with E-state index in [9.17, 15) is 4.79 Å². The van der Waals surface area contributed by atoms with E-state index in [-0.39, 0.29) is 5.78 Å². The standard InChI is InChI=1S/C9H16N2O/c1-3-4-8(12)9(10)5-6-11(2)7-9/h3H,1,4-7,10H2,2H3. The first-order chi connectivity index (χ1) is 5.58. The van der Waals surface area contributed by atoms with Gasteiger partial charge in [0.2, 0.25) is 0 Å². The van der Waals surface area contributed by atoms with Crippen molar-refractivity contribution in [3.8, 4) is 0 Å². The van der Waals surface area contributed by atoms with Gasteiger partial charge < -0.3 is 10.6 Å². The SMILES string of the molecule is C=CCC(=O)C1(N)CCN(C)C1. The quantitative estimate of drug-likeness (QED) is 0.611. The molecule has 1 fully saturated rings. The summed E-state index contributed by atoms with van der Waals surface area (Å²) in [5, 5.41) is 0. The van der Waals surface area contributed by atoms with E-state index in [1.54, 1.807) is 6.08 Å². The molecular formula is C9H16N2O. The van der Waals surface area contributed by atoms with Crippen LogP contribution in [0.1, 0.15) is 12.8 Å². The molecule has 0 amide bonds. The molecule has 68 valence electrons. The molecule has 1 saturated heterocycles. The van der Waals surface area contributed by atoms with Crippen LogP contribution in [0.2, 0.25) is 0 Å². The fraction of sp³-hybridized carbons (Fsp3) is 0.667. The molecule has 12 heavy (non-hydrogen) atoms. The van der Waals surface area contributed by atoms with E-state index in [0.717, 1.165) is 13.0 Å². The molecule has 1 aliphatic heterocycles. The summed E-state index contributed by atoms with van der Waals surface area (Å²) in [6.07, 6.45) is 2.79. The van der Waals surface area contributed by atoms with Gasteiger partial charge in [0.1, 0.15) is 0 Å². The molecule has 1 heterocycles. The lowest BCUT2D eigenvalue weighted by Gasteiger charge is -2.21. The van der Waals surface area contributed by atoms with Gasteiger partial charge in [-0.3, -0.25) is 4.79 Å². The summed E-state index contributed by atoms with van der Waals surface area (Å²) < 4.78 is 0. The Hall–Kier alpha value is -0.670. The smallest absolute Gasteiger partial charge is 0.157 e. The van der Waals surface area contributed by atoms with Crippen LogP contribution in [0.3, 0.4) is 0 Å². The lowest BCUT2D eigenvalue weighted by molar-refractivity contribution is -0.122. The van der Waals surface area contributed by atoms with Crippen LogP contribution in [-0.2, 0) is 4.79 Å². The zero-order valence-electron chi connectivity index (χ0n) is 7.55. The Morgan fingerprint density at radius 2 is 2.50 bits per heavy atom. The van der Waals surface area contributed by atoms with Gasteiger partial charge in [-0.2, -0.15) is 0 Å². The van der Waals surface area contributed by atoms with Crippen molar-refractivity contribution in [1.29, 1.82) is 0 Å². The summed E-state index contributed by atoms with van der Waals surface area (Å²) in [5.41, 5.74) is 5.33. The van der Waals surface area contributed by atoms with E-state index in [4.69, 9.17) is 5.73 Å². The molecular weight excluding hydrogens is 152 g/mol. The molecule has 0 bridgehead atoms. The van der Waals surface area contributed by atoms with Gasteiger partial charge in [0.15, 0.2) is 5.78 Å². The number of likely N-dealkylation sites (tertiary alicyclic amines) is 1. The molecule has 3 heteroatoms. The molecule has 0 spiro atoms. The average molecular weight is 168 g/mol. The van der Waals surface area contributed by atoms with Crippen LogP contribution >= 0.6 is 0 Å². The largest absolute Gasteiger partial charge is 0.318 e. The van der Waals surface area contributed by atoms with Crippen molar-refractivity contribution in [3.63, 3.8) is 0 Å². The summed E-state index contributed by atoms with van der Waals surface area (Å²) in [6.45, 7) is 5.13. The van der Waals surface area contributed by atoms with E-state index < -0.39 is 5.54 Å². The van der Waals surface area contributed by atoms with Crippen LogP contribution in [0.5, 0.6) is 0 Å². The number of nitrogens with two attached hydrogens (primary N) is 1. The first-order valence-electron chi connectivity index (χ1n) is 4.20. The van der Waals surface area contributed by atoms with Gasteiger partial charge in [-0.15, -0.1) is 6.58 Å². The molecule has 3 nitrogen and oxygen atoms in total. The summed E-state index contributed by atoms with van der Waals surface area (Å²) in [4.78, 5) is 13.6. The minimum absolute atomic E-state index is 0.113. The lowest BCUT2D eigenvalue weighted by atomic mass is 9.92. The number of allylic oxidation sites excluding steroid dienone is 1. The van der Waals surface area contributed by atoms with Gasteiger partial charge in [0.05, 0.1) is 5.54 Å². The van der Waals surface area contributed by atoms with E-state index in [1.165, 1.54) is 0 Å². The summed E-state index contributed by atoms with van der Waals surface area (Å²) in [7, 11) is 1.98. The summed E-state index contributed by atoms with van der Waals surface area (Å²) in [5.74, 6) is 0.113. The molecule has 0 aromatic heterocycles. The van der Waals surface area contributed by atoms with Crippen LogP contribution in [0, 0.1) is 0 Å². The molecule has 0 radical (unpaired) electrons. The molecule has 0 aliphatic carbocycles. The topological polar surface area (TPSA) is 46.3 Å². The predicted molar refractivity (Wildman–Crippen MR) is 48.9 cm³/mol. The van der Waals surface area contributed by atoms with Crippen molar-refractivity contribution in [2.24, 2.45) is 5.73 Å². The number of carbonyl (C=O) groups is 1. The first kappa shape index (κ1) is 9.42.